The number of halogens is 1. The standard InChI is InChI=1S/C10H12BrNO3/c1-10(2,9(13)14-3)15-8-5-4-7(11)6-12-8/h4-6H,1-3H3. The van der Waals surface area contributed by atoms with Gasteiger partial charge >= 0.3 is 5.97 Å². The number of rotatable bonds is 3. The van der Waals surface area contributed by atoms with Crippen LogP contribution in [-0.2, 0) is 9.53 Å². The SMILES string of the molecule is COC(=O)C(C)(C)Oc1ccc(Br)cn1. The lowest BCUT2D eigenvalue weighted by atomic mass is 10.1. The first-order chi connectivity index (χ1) is 6.95. The largest absolute Gasteiger partial charge is 0.466 e. The van der Waals surface area contributed by atoms with Gasteiger partial charge in [0.05, 0.1) is 7.11 Å². The van der Waals surface area contributed by atoms with Crippen LogP contribution in [0.1, 0.15) is 13.8 Å². The number of ether oxygens (including phenoxy) is 2. The van der Waals surface area contributed by atoms with Gasteiger partial charge in [0, 0.05) is 16.7 Å². The van der Waals surface area contributed by atoms with Crippen molar-refractivity contribution in [2.24, 2.45) is 0 Å². The fourth-order valence-corrected chi connectivity index (χ4v) is 1.21. The van der Waals surface area contributed by atoms with Crippen molar-refractivity contribution in [3.8, 4) is 5.88 Å². The summed E-state index contributed by atoms with van der Waals surface area (Å²) in [5, 5.41) is 0. The maximum atomic E-state index is 11.3. The monoisotopic (exact) mass is 273 g/mol. The van der Waals surface area contributed by atoms with Crippen molar-refractivity contribution >= 4 is 21.9 Å². The number of methoxy groups -OCH3 is 1. The fourth-order valence-electron chi connectivity index (χ4n) is 0.972. The molecule has 0 spiro atoms. The van der Waals surface area contributed by atoms with Crippen molar-refractivity contribution in [1.29, 1.82) is 0 Å². The molecule has 0 amide bonds. The molecule has 0 saturated heterocycles. The Morgan fingerprint density at radius 1 is 1.47 bits per heavy atom. The van der Waals surface area contributed by atoms with Crippen molar-refractivity contribution in [2.45, 2.75) is 19.4 Å². The summed E-state index contributed by atoms with van der Waals surface area (Å²) in [6.07, 6.45) is 1.60. The molecule has 0 aromatic carbocycles. The Kier molecular flexibility index (Phi) is 3.68. The lowest BCUT2D eigenvalue weighted by Crippen LogP contribution is -2.39. The molecule has 15 heavy (non-hydrogen) atoms. The average Bonchev–Trinajstić information content (AvgIpc) is 2.20. The van der Waals surface area contributed by atoms with E-state index in [9.17, 15) is 4.79 Å². The van der Waals surface area contributed by atoms with Gasteiger partial charge in [-0.15, -0.1) is 0 Å². The molecule has 5 heteroatoms. The van der Waals surface area contributed by atoms with Crippen molar-refractivity contribution in [3.63, 3.8) is 0 Å². The van der Waals surface area contributed by atoms with E-state index in [0.717, 1.165) is 4.47 Å². The van der Waals surface area contributed by atoms with Gasteiger partial charge in [0.25, 0.3) is 0 Å². The van der Waals surface area contributed by atoms with E-state index in [1.807, 2.05) is 0 Å². The number of pyridine rings is 1. The normalized spacial score (nSPS) is 10.9. The molecule has 0 aliphatic carbocycles. The zero-order valence-corrected chi connectivity index (χ0v) is 10.4. The lowest BCUT2D eigenvalue weighted by molar-refractivity contribution is -0.156. The van der Waals surface area contributed by atoms with Gasteiger partial charge in [-0.25, -0.2) is 9.78 Å². The van der Waals surface area contributed by atoms with Crippen molar-refractivity contribution in [1.82, 2.24) is 4.98 Å². The molecular formula is C10H12BrNO3. The minimum absolute atomic E-state index is 0.383. The number of hydrogen-bond acceptors (Lipinski definition) is 4. The summed E-state index contributed by atoms with van der Waals surface area (Å²) in [4.78, 5) is 15.3. The van der Waals surface area contributed by atoms with Crippen LogP contribution in [0, 0.1) is 0 Å². The van der Waals surface area contributed by atoms with E-state index in [0.29, 0.717) is 5.88 Å². The molecule has 1 heterocycles. The number of hydrogen-bond donors (Lipinski definition) is 0. The van der Waals surface area contributed by atoms with E-state index in [1.165, 1.54) is 7.11 Å². The Morgan fingerprint density at radius 3 is 2.60 bits per heavy atom. The molecule has 1 aromatic rings. The Hall–Kier alpha value is -1.10. The topological polar surface area (TPSA) is 48.4 Å². The highest BCUT2D eigenvalue weighted by Gasteiger charge is 2.31. The first kappa shape index (κ1) is 12.0. The van der Waals surface area contributed by atoms with E-state index in [1.54, 1.807) is 32.2 Å². The van der Waals surface area contributed by atoms with E-state index in [4.69, 9.17) is 4.74 Å². The summed E-state index contributed by atoms with van der Waals surface area (Å²) < 4.78 is 10.9. The first-order valence-corrected chi connectivity index (χ1v) is 5.14. The summed E-state index contributed by atoms with van der Waals surface area (Å²) in [7, 11) is 1.32. The van der Waals surface area contributed by atoms with Crippen molar-refractivity contribution < 1.29 is 14.3 Å². The zero-order chi connectivity index (χ0) is 11.5. The van der Waals surface area contributed by atoms with Gasteiger partial charge < -0.3 is 9.47 Å². The van der Waals surface area contributed by atoms with Gasteiger partial charge in [-0.3, -0.25) is 0 Å². The summed E-state index contributed by atoms with van der Waals surface area (Å²) >= 11 is 3.26. The Balaban J connectivity index is 2.77. The second-order valence-corrected chi connectivity index (χ2v) is 4.33. The fraction of sp³-hybridized carbons (Fsp3) is 0.400. The van der Waals surface area contributed by atoms with E-state index in [2.05, 4.69) is 25.7 Å². The van der Waals surface area contributed by atoms with Crippen molar-refractivity contribution in [2.75, 3.05) is 7.11 Å². The molecule has 4 nitrogen and oxygen atoms in total. The quantitative estimate of drug-likeness (QED) is 0.792. The van der Waals surface area contributed by atoms with Crippen LogP contribution in [0.25, 0.3) is 0 Å². The first-order valence-electron chi connectivity index (χ1n) is 4.34. The highest BCUT2D eigenvalue weighted by molar-refractivity contribution is 9.10. The van der Waals surface area contributed by atoms with E-state index >= 15 is 0 Å². The van der Waals surface area contributed by atoms with Gasteiger partial charge in [-0.1, -0.05) is 0 Å². The minimum Gasteiger partial charge on any atom is -0.466 e. The molecule has 0 N–H and O–H groups in total. The van der Waals surface area contributed by atoms with E-state index in [-0.39, 0.29) is 0 Å². The molecular weight excluding hydrogens is 262 g/mol. The molecule has 0 aliphatic heterocycles. The van der Waals surface area contributed by atoms with Crippen molar-refractivity contribution in [3.05, 3.63) is 22.8 Å². The van der Waals surface area contributed by atoms with Crippen LogP contribution in [-0.4, -0.2) is 23.7 Å². The van der Waals surface area contributed by atoms with Crippen LogP contribution in [0.2, 0.25) is 0 Å². The number of carbonyl (C=O) groups is 1. The van der Waals surface area contributed by atoms with Gasteiger partial charge in [-0.05, 0) is 35.8 Å². The van der Waals surface area contributed by atoms with Crippen LogP contribution in [0.3, 0.4) is 0 Å². The maximum Gasteiger partial charge on any atom is 0.349 e. The number of nitrogens with zero attached hydrogens (tertiary/aromatic N) is 1. The maximum absolute atomic E-state index is 11.3. The molecule has 1 aromatic heterocycles. The summed E-state index contributed by atoms with van der Waals surface area (Å²) in [6, 6.07) is 3.46. The van der Waals surface area contributed by atoms with Crippen LogP contribution < -0.4 is 4.74 Å². The molecule has 1 rings (SSSR count). The predicted molar refractivity (Wildman–Crippen MR) is 58.7 cm³/mol. The molecule has 0 radical (unpaired) electrons. The van der Waals surface area contributed by atoms with Crippen LogP contribution in [0.5, 0.6) is 5.88 Å². The Bertz CT molecular complexity index is 348. The molecule has 82 valence electrons. The second kappa shape index (κ2) is 4.61. The average molecular weight is 274 g/mol. The minimum atomic E-state index is -1.03. The molecule has 0 bridgehead atoms. The summed E-state index contributed by atoms with van der Waals surface area (Å²) in [6.45, 7) is 3.26. The summed E-state index contributed by atoms with van der Waals surface area (Å²) in [5.74, 6) is -0.0548. The highest BCUT2D eigenvalue weighted by Crippen LogP contribution is 2.18. The number of carbonyl (C=O) groups excluding carboxylic acids is 1. The second-order valence-electron chi connectivity index (χ2n) is 3.42. The molecule has 0 atom stereocenters. The molecule has 0 saturated carbocycles. The number of aromatic nitrogens is 1. The predicted octanol–water partition coefficient (Wildman–Crippen LogP) is 2.17. The van der Waals surface area contributed by atoms with Gasteiger partial charge in [0.2, 0.25) is 11.5 Å². The molecule has 0 aliphatic rings. The van der Waals surface area contributed by atoms with Crippen LogP contribution in [0.4, 0.5) is 0 Å². The van der Waals surface area contributed by atoms with Gasteiger partial charge in [0.15, 0.2) is 0 Å². The third kappa shape index (κ3) is 3.20. The Morgan fingerprint density at radius 2 is 2.13 bits per heavy atom. The van der Waals surface area contributed by atoms with Gasteiger partial charge in [-0.2, -0.15) is 0 Å². The summed E-state index contributed by atoms with van der Waals surface area (Å²) in [5.41, 5.74) is -1.03. The van der Waals surface area contributed by atoms with Crippen LogP contribution in [0.15, 0.2) is 22.8 Å². The number of esters is 1. The highest BCUT2D eigenvalue weighted by atomic mass is 79.9. The molecule has 0 fully saturated rings. The third-order valence-corrected chi connectivity index (χ3v) is 2.21. The zero-order valence-electron chi connectivity index (χ0n) is 8.78. The molecule has 0 unspecified atom stereocenters. The Labute approximate surface area is 96.7 Å². The van der Waals surface area contributed by atoms with E-state index < -0.39 is 11.6 Å². The van der Waals surface area contributed by atoms with Gasteiger partial charge in [0.1, 0.15) is 0 Å². The third-order valence-electron chi connectivity index (χ3n) is 1.74. The smallest absolute Gasteiger partial charge is 0.349 e. The lowest BCUT2D eigenvalue weighted by Gasteiger charge is -2.22. The van der Waals surface area contributed by atoms with Crippen LogP contribution >= 0.6 is 15.9 Å².